The second-order valence-corrected chi connectivity index (χ2v) is 11.6. The predicted octanol–water partition coefficient (Wildman–Crippen LogP) is 3.02. The van der Waals surface area contributed by atoms with Crippen LogP contribution in [0.15, 0.2) is 55.1 Å². The van der Waals surface area contributed by atoms with Crippen LogP contribution in [0.3, 0.4) is 0 Å². The number of carbonyl (C=O) groups is 3. The molecule has 0 aliphatic carbocycles. The third-order valence-corrected chi connectivity index (χ3v) is 7.93. The number of nitrogens with zero attached hydrogens (tertiary/aromatic N) is 5. The number of aryl methyl sites for hydroxylation is 2. The molecule has 0 spiro atoms. The van der Waals surface area contributed by atoms with Crippen molar-refractivity contribution in [2.45, 2.75) is 52.6 Å². The Labute approximate surface area is 262 Å². The minimum Gasteiger partial charge on any atom is -0.493 e. The lowest BCUT2D eigenvalue weighted by Crippen LogP contribution is -2.52. The average Bonchev–Trinajstić information content (AvgIpc) is 3.66. The number of ether oxygens (including phenoxy) is 2. The van der Waals surface area contributed by atoms with E-state index in [2.05, 4.69) is 20.6 Å². The molecule has 1 aliphatic heterocycles. The van der Waals surface area contributed by atoms with Gasteiger partial charge in [-0.1, -0.05) is 19.9 Å². The maximum absolute atomic E-state index is 13.7. The summed E-state index contributed by atoms with van der Waals surface area (Å²) in [6.45, 7) is 7.16. The van der Waals surface area contributed by atoms with Crippen molar-refractivity contribution in [3.63, 3.8) is 0 Å². The molecule has 0 saturated heterocycles. The summed E-state index contributed by atoms with van der Waals surface area (Å²) < 4.78 is 15.6. The largest absolute Gasteiger partial charge is 0.493 e. The number of hydrogen-bond donors (Lipinski definition) is 2. The summed E-state index contributed by atoms with van der Waals surface area (Å²) in [6, 6.07) is 8.81. The topological polar surface area (TPSA) is 132 Å². The molecule has 5 rings (SSSR count). The van der Waals surface area contributed by atoms with Gasteiger partial charge in [-0.25, -0.2) is 9.97 Å². The van der Waals surface area contributed by atoms with E-state index in [4.69, 9.17) is 9.47 Å². The lowest BCUT2D eigenvalue weighted by Gasteiger charge is -2.26. The molecule has 12 nitrogen and oxygen atoms in total. The highest BCUT2D eigenvalue weighted by Crippen LogP contribution is 2.32. The van der Waals surface area contributed by atoms with Crippen LogP contribution in [0.2, 0.25) is 0 Å². The SMILES string of the molecule is COc1ccc2cc1OCCCN(C(=O)Cc1cnc3c(C)cccn13)CC(=O)N[C@H](C(C)C)C(=O)NCCCn1ccnc1-2. The molecule has 0 fully saturated rings. The first-order valence-electron chi connectivity index (χ1n) is 15.3. The Morgan fingerprint density at radius 3 is 2.78 bits per heavy atom. The van der Waals surface area contributed by atoms with Crippen molar-refractivity contribution in [2.24, 2.45) is 5.92 Å². The van der Waals surface area contributed by atoms with Crippen molar-refractivity contribution in [2.75, 3.05) is 33.4 Å². The number of hydrogen-bond acceptors (Lipinski definition) is 7. The lowest BCUT2D eigenvalue weighted by molar-refractivity contribution is -0.137. The third kappa shape index (κ3) is 7.44. The Hall–Kier alpha value is -4.87. The molecule has 4 heterocycles. The van der Waals surface area contributed by atoms with E-state index in [-0.39, 0.29) is 43.8 Å². The van der Waals surface area contributed by atoms with Gasteiger partial charge in [-0.2, -0.15) is 0 Å². The van der Waals surface area contributed by atoms with Gasteiger partial charge in [-0.05, 0) is 55.5 Å². The lowest BCUT2D eigenvalue weighted by atomic mass is 10.0. The van der Waals surface area contributed by atoms with E-state index in [9.17, 15) is 14.4 Å². The average molecular weight is 616 g/mol. The fraction of sp³-hybridized carbons (Fsp3) is 0.424. The van der Waals surface area contributed by atoms with Gasteiger partial charge in [0.2, 0.25) is 17.7 Å². The number of pyridine rings is 1. The van der Waals surface area contributed by atoms with Crippen LogP contribution in [0, 0.1) is 12.8 Å². The summed E-state index contributed by atoms with van der Waals surface area (Å²) in [7, 11) is 1.59. The second-order valence-electron chi connectivity index (χ2n) is 11.6. The summed E-state index contributed by atoms with van der Waals surface area (Å²) in [6.07, 6.45) is 8.41. The van der Waals surface area contributed by atoms with Crippen LogP contribution < -0.4 is 20.1 Å². The van der Waals surface area contributed by atoms with Crippen LogP contribution in [0.4, 0.5) is 0 Å². The van der Waals surface area contributed by atoms with Gasteiger partial charge < -0.3 is 34.0 Å². The molecule has 45 heavy (non-hydrogen) atoms. The Morgan fingerprint density at radius 1 is 1.13 bits per heavy atom. The van der Waals surface area contributed by atoms with Gasteiger partial charge in [0.25, 0.3) is 0 Å². The molecule has 1 aromatic carbocycles. The van der Waals surface area contributed by atoms with Crippen LogP contribution in [-0.4, -0.2) is 80.9 Å². The van der Waals surface area contributed by atoms with Crippen LogP contribution in [0.25, 0.3) is 17.0 Å². The molecule has 1 aliphatic rings. The molecule has 0 radical (unpaired) electrons. The van der Waals surface area contributed by atoms with Crippen LogP contribution >= 0.6 is 0 Å². The van der Waals surface area contributed by atoms with Gasteiger partial charge in [-0.15, -0.1) is 0 Å². The Kier molecular flexibility index (Phi) is 10.0. The van der Waals surface area contributed by atoms with Crippen molar-refractivity contribution in [1.82, 2.24) is 34.5 Å². The minimum atomic E-state index is -0.737. The summed E-state index contributed by atoms with van der Waals surface area (Å²) in [5.74, 6) is 0.890. The number of amides is 3. The normalized spacial score (nSPS) is 17.0. The van der Waals surface area contributed by atoms with Crippen LogP contribution in [-0.2, 0) is 27.3 Å². The number of carbonyl (C=O) groups excluding carboxylic acids is 3. The van der Waals surface area contributed by atoms with Gasteiger partial charge in [0.15, 0.2) is 11.5 Å². The molecule has 0 saturated carbocycles. The minimum absolute atomic E-state index is 0.0648. The summed E-state index contributed by atoms with van der Waals surface area (Å²) in [5.41, 5.74) is 3.38. The molecule has 2 N–H and O–H groups in total. The van der Waals surface area contributed by atoms with E-state index >= 15 is 0 Å². The second kappa shape index (κ2) is 14.3. The Balaban J connectivity index is 1.39. The molecule has 1 atom stereocenters. The van der Waals surface area contributed by atoms with E-state index in [1.807, 2.05) is 72.5 Å². The molecule has 2 bridgehead atoms. The highest BCUT2D eigenvalue weighted by atomic mass is 16.5. The number of benzene rings is 1. The first-order chi connectivity index (χ1) is 21.7. The highest BCUT2D eigenvalue weighted by molar-refractivity contribution is 5.90. The third-order valence-electron chi connectivity index (χ3n) is 7.93. The Bertz CT molecular complexity index is 1660. The Morgan fingerprint density at radius 2 is 1.98 bits per heavy atom. The number of nitrogens with one attached hydrogen (secondary N) is 2. The van der Waals surface area contributed by atoms with Crippen LogP contribution in [0.5, 0.6) is 11.5 Å². The summed E-state index contributed by atoms with van der Waals surface area (Å²) in [5, 5.41) is 5.83. The molecular formula is C33H41N7O5. The number of fused-ring (bicyclic) bond motifs is 5. The number of imidazole rings is 2. The zero-order valence-corrected chi connectivity index (χ0v) is 26.3. The van der Waals surface area contributed by atoms with Crippen LogP contribution in [0.1, 0.15) is 37.9 Å². The maximum atomic E-state index is 13.7. The van der Waals surface area contributed by atoms with Gasteiger partial charge in [0, 0.05) is 50.0 Å². The van der Waals surface area contributed by atoms with Crippen molar-refractivity contribution in [3.05, 3.63) is 66.4 Å². The summed E-state index contributed by atoms with van der Waals surface area (Å²) >= 11 is 0. The fourth-order valence-electron chi connectivity index (χ4n) is 5.51. The van der Waals surface area contributed by atoms with Gasteiger partial charge in [0.1, 0.15) is 17.5 Å². The molecule has 4 aromatic rings. The first-order valence-corrected chi connectivity index (χ1v) is 15.3. The molecule has 3 amide bonds. The molecule has 0 unspecified atom stereocenters. The predicted molar refractivity (Wildman–Crippen MR) is 169 cm³/mol. The quantitative estimate of drug-likeness (QED) is 0.361. The first kappa shape index (κ1) is 31.6. The van der Waals surface area contributed by atoms with E-state index in [1.54, 1.807) is 19.5 Å². The number of rotatable bonds is 4. The van der Waals surface area contributed by atoms with Crippen molar-refractivity contribution in [1.29, 1.82) is 0 Å². The molecule has 238 valence electrons. The van der Waals surface area contributed by atoms with E-state index in [0.29, 0.717) is 37.4 Å². The molecular weight excluding hydrogens is 574 g/mol. The summed E-state index contributed by atoms with van der Waals surface area (Å²) in [4.78, 5) is 50.7. The highest BCUT2D eigenvalue weighted by Gasteiger charge is 2.26. The monoisotopic (exact) mass is 615 g/mol. The zero-order valence-electron chi connectivity index (χ0n) is 26.3. The van der Waals surface area contributed by atoms with E-state index in [0.717, 1.165) is 28.3 Å². The zero-order chi connectivity index (χ0) is 31.9. The smallest absolute Gasteiger partial charge is 0.242 e. The van der Waals surface area contributed by atoms with Crippen molar-refractivity contribution >= 4 is 23.4 Å². The standard InChI is InChI=1S/C33H41N7O5/c1-22(2)30-33(43)35-11-6-13-38-16-12-34-32(38)24-9-10-26(44-4)27(18-24)45-17-7-14-39(21-28(41)37-30)29(42)19-25-20-36-31-23(3)8-5-15-40(25)31/h5,8-10,12,15-16,18,20,22,30H,6-7,11,13-14,17,19,21H2,1-4H3,(H,35,43)(H,37,41)/t30-/m1/s1. The van der Waals surface area contributed by atoms with Crippen molar-refractivity contribution < 1.29 is 23.9 Å². The fourth-order valence-corrected chi connectivity index (χ4v) is 5.51. The van der Waals surface area contributed by atoms with Gasteiger partial charge in [0.05, 0.1) is 32.4 Å². The molecule has 12 heteroatoms. The van der Waals surface area contributed by atoms with Gasteiger partial charge >= 0.3 is 0 Å². The number of methoxy groups -OCH3 is 1. The maximum Gasteiger partial charge on any atom is 0.242 e. The van der Waals surface area contributed by atoms with Crippen molar-refractivity contribution in [3.8, 4) is 22.9 Å². The number of aromatic nitrogens is 4. The van der Waals surface area contributed by atoms with E-state index < -0.39 is 11.9 Å². The van der Waals surface area contributed by atoms with Gasteiger partial charge in [-0.3, -0.25) is 14.4 Å². The molecule has 3 aromatic heterocycles. The van der Waals surface area contributed by atoms with E-state index in [1.165, 1.54) is 4.90 Å².